The Hall–Kier alpha value is -0.390. The third kappa shape index (κ3) is 8.22. The van der Waals surface area contributed by atoms with Gasteiger partial charge < -0.3 is 20.6 Å². The molecule has 3 N–H and O–H groups in total. The maximum atomic E-state index is 9.50. The molecule has 0 rings (SSSR count). The Labute approximate surface area is 91.7 Å². The minimum absolute atomic E-state index is 0.383. The molecule has 0 spiro atoms. The van der Waals surface area contributed by atoms with E-state index in [-0.39, 0.29) is 6.10 Å². The summed E-state index contributed by atoms with van der Waals surface area (Å²) in [7, 11) is 3.85. The highest BCUT2D eigenvalue weighted by atomic mass is 32.1. The molecule has 0 heterocycles. The molecule has 0 aliphatic carbocycles. The van der Waals surface area contributed by atoms with Gasteiger partial charge in [-0.05, 0) is 32.7 Å². The molecule has 0 fully saturated rings. The zero-order valence-electron chi connectivity index (χ0n) is 9.21. The van der Waals surface area contributed by atoms with E-state index in [2.05, 4.69) is 17.6 Å². The minimum atomic E-state index is -0.383. The number of aliphatic hydroxyl groups excluding tert-OH is 1. The second kappa shape index (κ2) is 7.96. The van der Waals surface area contributed by atoms with Gasteiger partial charge in [-0.1, -0.05) is 6.92 Å². The minimum Gasteiger partial charge on any atom is -0.390 e. The first kappa shape index (κ1) is 13.6. The Morgan fingerprint density at radius 3 is 2.57 bits per heavy atom. The predicted molar refractivity (Wildman–Crippen MR) is 63.5 cm³/mol. The van der Waals surface area contributed by atoms with Gasteiger partial charge in [0.2, 0.25) is 0 Å². The molecule has 0 amide bonds. The SMILES string of the molecule is CCCNC(=S)NCC(O)CN(C)C. The monoisotopic (exact) mass is 219 g/mol. The largest absolute Gasteiger partial charge is 0.390 e. The van der Waals surface area contributed by atoms with Gasteiger partial charge >= 0.3 is 0 Å². The number of rotatable bonds is 6. The second-order valence-electron chi connectivity index (χ2n) is 3.55. The summed E-state index contributed by atoms with van der Waals surface area (Å²) in [5.74, 6) is 0. The Morgan fingerprint density at radius 1 is 1.43 bits per heavy atom. The van der Waals surface area contributed by atoms with E-state index in [9.17, 15) is 5.11 Å². The van der Waals surface area contributed by atoms with Crippen LogP contribution in [-0.4, -0.2) is 55.0 Å². The average molecular weight is 219 g/mol. The van der Waals surface area contributed by atoms with Crippen molar-refractivity contribution in [3.63, 3.8) is 0 Å². The quantitative estimate of drug-likeness (QED) is 0.539. The Bertz CT molecular complexity index is 164. The normalized spacial score (nSPS) is 12.6. The number of nitrogens with one attached hydrogen (secondary N) is 2. The van der Waals surface area contributed by atoms with Crippen molar-refractivity contribution in [3.05, 3.63) is 0 Å². The van der Waals surface area contributed by atoms with Gasteiger partial charge in [0, 0.05) is 19.6 Å². The number of nitrogens with zero attached hydrogens (tertiary/aromatic N) is 1. The summed E-state index contributed by atoms with van der Waals surface area (Å²) in [6, 6.07) is 0. The molecular formula is C9H21N3OS. The van der Waals surface area contributed by atoms with E-state index in [1.54, 1.807) is 0 Å². The molecule has 5 heteroatoms. The third-order valence-corrected chi connectivity index (χ3v) is 1.90. The van der Waals surface area contributed by atoms with E-state index in [0.717, 1.165) is 13.0 Å². The van der Waals surface area contributed by atoms with Crippen molar-refractivity contribution < 1.29 is 5.11 Å². The lowest BCUT2D eigenvalue weighted by atomic mass is 10.3. The smallest absolute Gasteiger partial charge is 0.166 e. The number of likely N-dealkylation sites (N-methyl/N-ethyl adjacent to an activating group) is 1. The molecule has 0 radical (unpaired) electrons. The average Bonchev–Trinajstić information content (AvgIpc) is 2.10. The number of aliphatic hydroxyl groups is 1. The van der Waals surface area contributed by atoms with Crippen LogP contribution in [0, 0.1) is 0 Å². The fourth-order valence-electron chi connectivity index (χ4n) is 0.998. The maximum absolute atomic E-state index is 9.50. The predicted octanol–water partition coefficient (Wildman–Crippen LogP) is -0.217. The lowest BCUT2D eigenvalue weighted by Crippen LogP contribution is -2.42. The standard InChI is InChI=1S/C9H21N3OS/c1-4-5-10-9(14)11-6-8(13)7-12(2)3/h8,13H,4-7H2,1-3H3,(H2,10,11,14). The van der Waals surface area contributed by atoms with Crippen LogP contribution < -0.4 is 10.6 Å². The van der Waals surface area contributed by atoms with Crippen LogP contribution in [0.3, 0.4) is 0 Å². The van der Waals surface area contributed by atoms with Gasteiger partial charge in [-0.2, -0.15) is 0 Å². The molecule has 0 saturated heterocycles. The zero-order chi connectivity index (χ0) is 11.0. The van der Waals surface area contributed by atoms with Crippen molar-refractivity contribution in [3.8, 4) is 0 Å². The Balaban J connectivity index is 3.45. The summed E-state index contributed by atoms with van der Waals surface area (Å²) >= 11 is 5.00. The summed E-state index contributed by atoms with van der Waals surface area (Å²) in [5.41, 5.74) is 0. The van der Waals surface area contributed by atoms with Crippen LogP contribution in [0.5, 0.6) is 0 Å². The molecule has 0 saturated carbocycles. The summed E-state index contributed by atoms with van der Waals surface area (Å²) in [6.07, 6.45) is 0.661. The van der Waals surface area contributed by atoms with Gasteiger partial charge in [-0.3, -0.25) is 0 Å². The molecule has 14 heavy (non-hydrogen) atoms. The van der Waals surface area contributed by atoms with Gasteiger partial charge in [0.05, 0.1) is 6.10 Å². The Morgan fingerprint density at radius 2 is 2.07 bits per heavy atom. The maximum Gasteiger partial charge on any atom is 0.166 e. The fraction of sp³-hybridized carbons (Fsp3) is 0.889. The molecule has 1 unspecified atom stereocenters. The number of hydrogen-bond acceptors (Lipinski definition) is 3. The van der Waals surface area contributed by atoms with Crippen LogP contribution in [0.15, 0.2) is 0 Å². The van der Waals surface area contributed by atoms with E-state index in [1.807, 2.05) is 19.0 Å². The topological polar surface area (TPSA) is 47.5 Å². The van der Waals surface area contributed by atoms with Gasteiger partial charge in [0.25, 0.3) is 0 Å². The van der Waals surface area contributed by atoms with E-state index in [4.69, 9.17) is 12.2 Å². The molecule has 0 bridgehead atoms. The molecule has 0 aliphatic rings. The summed E-state index contributed by atoms with van der Waals surface area (Å²) in [4.78, 5) is 1.94. The van der Waals surface area contributed by atoms with E-state index < -0.39 is 0 Å². The Kier molecular flexibility index (Phi) is 7.74. The zero-order valence-corrected chi connectivity index (χ0v) is 10.0. The van der Waals surface area contributed by atoms with E-state index >= 15 is 0 Å². The number of thiocarbonyl (C=S) groups is 1. The number of hydrogen-bond donors (Lipinski definition) is 3. The van der Waals surface area contributed by atoms with Crippen LogP contribution in [0.25, 0.3) is 0 Å². The molecular weight excluding hydrogens is 198 g/mol. The first-order valence-corrected chi connectivity index (χ1v) is 5.31. The van der Waals surface area contributed by atoms with Crippen molar-refractivity contribution >= 4 is 17.3 Å². The molecule has 1 atom stereocenters. The summed E-state index contributed by atoms with van der Waals surface area (Å²) < 4.78 is 0. The lowest BCUT2D eigenvalue weighted by Gasteiger charge is -2.17. The van der Waals surface area contributed by atoms with Crippen LogP contribution in [-0.2, 0) is 0 Å². The van der Waals surface area contributed by atoms with Gasteiger partial charge in [0.1, 0.15) is 0 Å². The van der Waals surface area contributed by atoms with Crippen LogP contribution in [0.4, 0.5) is 0 Å². The fourth-order valence-corrected chi connectivity index (χ4v) is 1.18. The summed E-state index contributed by atoms with van der Waals surface area (Å²) in [6.45, 7) is 4.09. The van der Waals surface area contributed by atoms with Crippen LogP contribution >= 0.6 is 12.2 Å². The van der Waals surface area contributed by atoms with Gasteiger partial charge in [0.15, 0.2) is 5.11 Å². The first-order valence-electron chi connectivity index (χ1n) is 4.90. The van der Waals surface area contributed by atoms with Crippen molar-refractivity contribution in [2.45, 2.75) is 19.4 Å². The molecule has 0 aliphatic heterocycles. The lowest BCUT2D eigenvalue weighted by molar-refractivity contribution is 0.139. The van der Waals surface area contributed by atoms with Gasteiger partial charge in [-0.15, -0.1) is 0 Å². The molecule has 4 nitrogen and oxygen atoms in total. The van der Waals surface area contributed by atoms with Crippen molar-refractivity contribution in [2.24, 2.45) is 0 Å². The molecule has 0 aromatic rings. The molecule has 84 valence electrons. The highest BCUT2D eigenvalue weighted by Gasteiger charge is 2.05. The molecule has 0 aromatic heterocycles. The first-order chi connectivity index (χ1) is 6.56. The van der Waals surface area contributed by atoms with Gasteiger partial charge in [-0.25, -0.2) is 0 Å². The van der Waals surface area contributed by atoms with E-state index in [1.165, 1.54) is 0 Å². The highest BCUT2D eigenvalue weighted by molar-refractivity contribution is 7.80. The van der Waals surface area contributed by atoms with Crippen LogP contribution in [0.1, 0.15) is 13.3 Å². The highest BCUT2D eigenvalue weighted by Crippen LogP contribution is 1.84. The van der Waals surface area contributed by atoms with Crippen molar-refractivity contribution in [1.29, 1.82) is 0 Å². The summed E-state index contributed by atoms with van der Waals surface area (Å²) in [5, 5.41) is 16.1. The molecule has 0 aromatic carbocycles. The van der Waals surface area contributed by atoms with E-state index in [0.29, 0.717) is 18.2 Å². The second-order valence-corrected chi connectivity index (χ2v) is 3.96. The van der Waals surface area contributed by atoms with Crippen molar-refractivity contribution in [1.82, 2.24) is 15.5 Å². The third-order valence-electron chi connectivity index (χ3n) is 1.61. The van der Waals surface area contributed by atoms with Crippen molar-refractivity contribution in [2.75, 3.05) is 33.7 Å². The van der Waals surface area contributed by atoms with Crippen LogP contribution in [0.2, 0.25) is 0 Å².